The second kappa shape index (κ2) is 6.03. The molecule has 1 atom stereocenters. The number of ether oxygens (including phenoxy) is 1. The second-order valence-corrected chi connectivity index (χ2v) is 4.92. The normalized spacial score (nSPS) is 12.5. The zero-order chi connectivity index (χ0) is 12.3. The maximum absolute atomic E-state index is 11.6. The third-order valence-corrected chi connectivity index (χ3v) is 2.63. The fourth-order valence-corrected chi connectivity index (χ4v) is 1.53. The van der Waals surface area contributed by atoms with E-state index in [1.807, 2.05) is 39.0 Å². The Hall–Kier alpha value is -1.06. The molecular weight excluding hydrogens is 238 g/mol. The number of esters is 1. The number of methoxy groups -OCH3 is 1. The van der Waals surface area contributed by atoms with Crippen LogP contribution in [0.5, 0.6) is 0 Å². The highest BCUT2D eigenvalue weighted by atomic mass is 35.5. The molecule has 1 rings (SSSR count). The molecule has 0 aromatic heterocycles. The summed E-state index contributed by atoms with van der Waals surface area (Å²) in [6, 6.07) is 7.12. The van der Waals surface area contributed by atoms with Gasteiger partial charge >= 0.3 is 5.97 Å². The summed E-state index contributed by atoms with van der Waals surface area (Å²) in [5, 5.41) is 0. The molecule has 0 aliphatic heterocycles. The van der Waals surface area contributed by atoms with E-state index in [1.165, 1.54) is 7.11 Å². The first-order chi connectivity index (χ1) is 7.38. The van der Waals surface area contributed by atoms with Gasteiger partial charge in [-0.05, 0) is 17.0 Å². The molecule has 0 saturated carbocycles. The van der Waals surface area contributed by atoms with Crippen LogP contribution in [0, 0.1) is 5.41 Å². The van der Waals surface area contributed by atoms with Gasteiger partial charge in [-0.1, -0.05) is 39.0 Å². The van der Waals surface area contributed by atoms with Crippen molar-refractivity contribution in [1.82, 2.24) is 0 Å². The van der Waals surface area contributed by atoms with Crippen molar-refractivity contribution in [3.8, 4) is 0 Å². The average molecular weight is 258 g/mol. The van der Waals surface area contributed by atoms with E-state index in [2.05, 4.69) is 0 Å². The first-order valence-electron chi connectivity index (χ1n) is 5.30. The lowest BCUT2D eigenvalue weighted by Gasteiger charge is -2.28. The smallest absolute Gasteiger partial charge is 0.338 e. The Labute approximate surface area is 109 Å². The second-order valence-electron chi connectivity index (χ2n) is 4.92. The van der Waals surface area contributed by atoms with Gasteiger partial charge in [-0.3, -0.25) is 0 Å². The summed E-state index contributed by atoms with van der Waals surface area (Å²) in [5.74, 6) is -0.338. The van der Waals surface area contributed by atoms with E-state index in [1.54, 1.807) is 6.07 Å². The third kappa shape index (κ3) is 3.72. The van der Waals surface area contributed by atoms with Gasteiger partial charge in [0.15, 0.2) is 0 Å². The topological polar surface area (TPSA) is 52.3 Å². The summed E-state index contributed by atoms with van der Waals surface area (Å²) in [4.78, 5) is 11.6. The fourth-order valence-electron chi connectivity index (χ4n) is 1.53. The highest BCUT2D eigenvalue weighted by Crippen LogP contribution is 2.32. The summed E-state index contributed by atoms with van der Waals surface area (Å²) in [7, 11) is 1.38. The predicted molar refractivity (Wildman–Crippen MR) is 71.4 cm³/mol. The Kier molecular flexibility index (Phi) is 5.66. The lowest BCUT2D eigenvalue weighted by atomic mass is 9.81. The van der Waals surface area contributed by atoms with Crippen LogP contribution in [0.15, 0.2) is 24.3 Å². The molecule has 0 fully saturated rings. The molecular formula is C13H20ClNO2. The van der Waals surface area contributed by atoms with Crippen LogP contribution in [0.1, 0.15) is 42.7 Å². The lowest BCUT2D eigenvalue weighted by Crippen LogP contribution is -2.28. The van der Waals surface area contributed by atoms with Gasteiger partial charge in [0.05, 0.1) is 12.7 Å². The van der Waals surface area contributed by atoms with Crippen LogP contribution in [0.4, 0.5) is 0 Å². The van der Waals surface area contributed by atoms with E-state index < -0.39 is 0 Å². The zero-order valence-electron chi connectivity index (χ0n) is 10.7. The molecule has 0 radical (unpaired) electrons. The van der Waals surface area contributed by atoms with Gasteiger partial charge in [-0.2, -0.15) is 0 Å². The first-order valence-corrected chi connectivity index (χ1v) is 5.30. The molecule has 4 heteroatoms. The van der Waals surface area contributed by atoms with Gasteiger partial charge in [0.2, 0.25) is 0 Å². The highest BCUT2D eigenvalue weighted by Gasteiger charge is 2.26. The molecule has 0 bridgehead atoms. The number of nitrogens with two attached hydrogens (primary N) is 1. The minimum atomic E-state index is -0.338. The molecule has 0 aliphatic rings. The number of halogens is 1. The van der Waals surface area contributed by atoms with Crippen LogP contribution in [0.3, 0.4) is 0 Å². The Balaban J connectivity index is 0.00000256. The molecule has 3 nitrogen and oxygen atoms in total. The molecule has 0 heterocycles. The quantitative estimate of drug-likeness (QED) is 0.829. The monoisotopic (exact) mass is 257 g/mol. The molecule has 0 saturated heterocycles. The number of hydrogen-bond donors (Lipinski definition) is 1. The molecule has 1 aromatic carbocycles. The average Bonchev–Trinajstić information content (AvgIpc) is 2.25. The predicted octanol–water partition coefficient (Wildman–Crippen LogP) is 2.94. The van der Waals surface area contributed by atoms with E-state index in [0.717, 1.165) is 5.56 Å². The van der Waals surface area contributed by atoms with Crippen LogP contribution in [0.25, 0.3) is 0 Å². The summed E-state index contributed by atoms with van der Waals surface area (Å²) in [6.07, 6.45) is 0. The van der Waals surface area contributed by atoms with E-state index in [4.69, 9.17) is 10.5 Å². The van der Waals surface area contributed by atoms with Crippen molar-refractivity contribution in [2.45, 2.75) is 26.8 Å². The van der Waals surface area contributed by atoms with Crippen LogP contribution in [0.2, 0.25) is 0 Å². The third-order valence-electron chi connectivity index (χ3n) is 2.63. The number of benzene rings is 1. The molecule has 0 amide bonds. The standard InChI is InChI=1S/C13H19NO2.ClH/c1-13(2,3)11(14)9-7-5-6-8-10(9)12(15)16-4;/h5-8,11H,14H2,1-4H3;1H/t11-;/m0./s1. The van der Waals surface area contributed by atoms with E-state index >= 15 is 0 Å². The molecule has 2 N–H and O–H groups in total. The molecule has 0 aliphatic carbocycles. The maximum Gasteiger partial charge on any atom is 0.338 e. The van der Waals surface area contributed by atoms with E-state index in [9.17, 15) is 4.79 Å². The number of rotatable bonds is 2. The number of carbonyl (C=O) groups excluding carboxylic acids is 1. The van der Waals surface area contributed by atoms with Crippen molar-refractivity contribution >= 4 is 18.4 Å². The number of hydrogen-bond acceptors (Lipinski definition) is 3. The van der Waals surface area contributed by atoms with Crippen LogP contribution >= 0.6 is 12.4 Å². The summed E-state index contributed by atoms with van der Waals surface area (Å²) in [5.41, 5.74) is 7.45. The van der Waals surface area contributed by atoms with E-state index in [-0.39, 0.29) is 29.8 Å². The molecule has 0 spiro atoms. The van der Waals surface area contributed by atoms with Crippen molar-refractivity contribution in [3.05, 3.63) is 35.4 Å². The zero-order valence-corrected chi connectivity index (χ0v) is 11.5. The molecule has 1 aromatic rings. The van der Waals surface area contributed by atoms with Crippen LogP contribution in [-0.4, -0.2) is 13.1 Å². The summed E-state index contributed by atoms with van der Waals surface area (Å²) < 4.78 is 4.75. The van der Waals surface area contributed by atoms with Gasteiger partial charge in [-0.25, -0.2) is 4.79 Å². The van der Waals surface area contributed by atoms with E-state index in [0.29, 0.717) is 5.56 Å². The number of carbonyl (C=O) groups is 1. The van der Waals surface area contributed by atoms with Crippen molar-refractivity contribution in [2.24, 2.45) is 11.1 Å². The van der Waals surface area contributed by atoms with Crippen molar-refractivity contribution in [3.63, 3.8) is 0 Å². The van der Waals surface area contributed by atoms with Crippen LogP contribution in [-0.2, 0) is 4.74 Å². The van der Waals surface area contributed by atoms with Gasteiger partial charge in [0.25, 0.3) is 0 Å². The molecule has 17 heavy (non-hydrogen) atoms. The summed E-state index contributed by atoms with van der Waals surface area (Å²) in [6.45, 7) is 6.14. The van der Waals surface area contributed by atoms with Crippen molar-refractivity contribution < 1.29 is 9.53 Å². The SMILES string of the molecule is COC(=O)c1ccccc1[C@H](N)C(C)(C)C.Cl. The van der Waals surface area contributed by atoms with Gasteiger partial charge in [0.1, 0.15) is 0 Å². The molecule has 0 unspecified atom stereocenters. The van der Waals surface area contributed by atoms with Gasteiger partial charge < -0.3 is 10.5 Å². The Morgan fingerprint density at radius 1 is 1.29 bits per heavy atom. The highest BCUT2D eigenvalue weighted by molar-refractivity contribution is 5.91. The van der Waals surface area contributed by atoms with Crippen LogP contribution < -0.4 is 5.73 Å². The van der Waals surface area contributed by atoms with Crippen molar-refractivity contribution in [1.29, 1.82) is 0 Å². The summed E-state index contributed by atoms with van der Waals surface area (Å²) >= 11 is 0. The Morgan fingerprint density at radius 3 is 2.29 bits per heavy atom. The van der Waals surface area contributed by atoms with Gasteiger partial charge in [0, 0.05) is 6.04 Å². The minimum Gasteiger partial charge on any atom is -0.465 e. The fraction of sp³-hybridized carbons (Fsp3) is 0.462. The molecule has 96 valence electrons. The minimum absolute atomic E-state index is 0. The maximum atomic E-state index is 11.6. The van der Waals surface area contributed by atoms with Crippen molar-refractivity contribution in [2.75, 3.05) is 7.11 Å². The largest absolute Gasteiger partial charge is 0.465 e. The first kappa shape index (κ1) is 15.9. The Bertz CT molecular complexity index is 385. The Morgan fingerprint density at radius 2 is 1.82 bits per heavy atom. The lowest BCUT2D eigenvalue weighted by molar-refractivity contribution is 0.0598. The van der Waals surface area contributed by atoms with Gasteiger partial charge in [-0.15, -0.1) is 12.4 Å².